The van der Waals surface area contributed by atoms with Crippen LogP contribution in [-0.2, 0) is 11.2 Å². The number of guanidine groups is 1. The zero-order chi connectivity index (χ0) is 17.6. The quantitative estimate of drug-likeness (QED) is 0.376. The number of nitrogens with one attached hydrogen (secondary N) is 1. The lowest BCUT2D eigenvalue weighted by Gasteiger charge is -2.24. The van der Waals surface area contributed by atoms with Crippen LogP contribution in [0.2, 0.25) is 0 Å². The summed E-state index contributed by atoms with van der Waals surface area (Å²) in [5.41, 5.74) is 7.14. The molecule has 0 aliphatic carbocycles. The third-order valence-corrected chi connectivity index (χ3v) is 5.53. The van der Waals surface area contributed by atoms with Crippen molar-refractivity contribution in [2.45, 2.75) is 18.9 Å². The molecular formula is C19H25IN4OS. The first-order valence-electron chi connectivity index (χ1n) is 8.52. The number of nitrogens with two attached hydrogens (primary N) is 1. The van der Waals surface area contributed by atoms with Crippen molar-refractivity contribution in [3.63, 3.8) is 0 Å². The van der Waals surface area contributed by atoms with Crippen LogP contribution in [0.15, 0.2) is 52.8 Å². The third kappa shape index (κ3) is 5.20. The molecule has 1 aromatic heterocycles. The van der Waals surface area contributed by atoms with E-state index in [4.69, 9.17) is 5.73 Å². The Kier molecular flexibility index (Phi) is 7.89. The molecule has 3 rings (SSSR count). The fourth-order valence-corrected chi connectivity index (χ4v) is 4.01. The van der Waals surface area contributed by atoms with Crippen LogP contribution in [0.3, 0.4) is 0 Å². The molecule has 26 heavy (non-hydrogen) atoms. The van der Waals surface area contributed by atoms with E-state index in [2.05, 4.69) is 40.0 Å². The zero-order valence-electron chi connectivity index (χ0n) is 14.8. The summed E-state index contributed by atoms with van der Waals surface area (Å²) in [6, 6.07) is 14.4. The Morgan fingerprint density at radius 2 is 2.08 bits per heavy atom. The Morgan fingerprint density at radius 3 is 2.77 bits per heavy atom. The molecule has 3 N–H and O–H groups in total. The van der Waals surface area contributed by atoms with Crippen molar-refractivity contribution in [3.05, 3.63) is 58.3 Å². The molecule has 7 heteroatoms. The lowest BCUT2D eigenvalue weighted by molar-refractivity contribution is -0.127. The average molecular weight is 484 g/mol. The van der Waals surface area contributed by atoms with Crippen molar-refractivity contribution in [2.24, 2.45) is 16.6 Å². The second-order valence-corrected chi connectivity index (χ2v) is 7.34. The standard InChI is InChI=1S/C19H24N4OS.HI/c1-23-17(24)12-15(18(23)14-6-3-2-4-7-14)13-22-19(20)21-10-9-16-8-5-11-25-16;/h2-8,11,15,18H,9-10,12-13H2,1H3,(H3,20,21,22);1H. The minimum Gasteiger partial charge on any atom is -0.370 e. The van der Waals surface area contributed by atoms with Gasteiger partial charge in [0.2, 0.25) is 5.91 Å². The Morgan fingerprint density at radius 1 is 1.31 bits per heavy atom. The highest BCUT2D eigenvalue weighted by atomic mass is 127. The molecule has 140 valence electrons. The Hall–Kier alpha value is -1.61. The number of nitrogens with zero attached hydrogens (tertiary/aromatic N) is 2. The molecule has 2 unspecified atom stereocenters. The maximum absolute atomic E-state index is 12.1. The van der Waals surface area contributed by atoms with Gasteiger partial charge in [-0.1, -0.05) is 36.4 Å². The lowest BCUT2D eigenvalue weighted by Crippen LogP contribution is -2.34. The molecule has 1 fully saturated rings. The van der Waals surface area contributed by atoms with Gasteiger partial charge in [-0.2, -0.15) is 0 Å². The van der Waals surface area contributed by atoms with Crippen molar-refractivity contribution in [2.75, 3.05) is 20.1 Å². The molecule has 0 saturated carbocycles. The maximum Gasteiger partial charge on any atom is 0.223 e. The number of benzene rings is 1. The number of carbonyl (C=O) groups excluding carboxylic acids is 1. The molecule has 0 bridgehead atoms. The molecule has 1 saturated heterocycles. The van der Waals surface area contributed by atoms with E-state index in [-0.39, 0.29) is 41.8 Å². The number of rotatable bonds is 6. The molecule has 1 aliphatic rings. The molecule has 1 aliphatic heterocycles. The normalized spacial score (nSPS) is 20.1. The molecule has 1 aromatic carbocycles. The van der Waals surface area contributed by atoms with Crippen LogP contribution in [0.1, 0.15) is 22.9 Å². The second kappa shape index (κ2) is 9.91. The Bertz CT molecular complexity index is 720. The van der Waals surface area contributed by atoms with Crippen molar-refractivity contribution < 1.29 is 4.79 Å². The minimum atomic E-state index is 0. The fraction of sp³-hybridized carbons (Fsp3) is 0.368. The van der Waals surface area contributed by atoms with Gasteiger partial charge in [-0.25, -0.2) is 0 Å². The summed E-state index contributed by atoms with van der Waals surface area (Å²) in [6.45, 7) is 1.31. The Balaban J connectivity index is 0.00000243. The van der Waals surface area contributed by atoms with E-state index in [1.54, 1.807) is 11.3 Å². The van der Waals surface area contributed by atoms with Gasteiger partial charge in [0.15, 0.2) is 5.96 Å². The van der Waals surface area contributed by atoms with E-state index in [1.807, 2.05) is 30.1 Å². The van der Waals surface area contributed by atoms with Crippen LogP contribution in [-0.4, -0.2) is 36.9 Å². The van der Waals surface area contributed by atoms with Crippen LogP contribution in [0.25, 0.3) is 0 Å². The van der Waals surface area contributed by atoms with Crippen LogP contribution >= 0.6 is 35.3 Å². The summed E-state index contributed by atoms with van der Waals surface area (Å²) in [5.74, 6) is 0.765. The number of hydrogen-bond acceptors (Lipinski definition) is 3. The highest BCUT2D eigenvalue weighted by Gasteiger charge is 2.38. The summed E-state index contributed by atoms with van der Waals surface area (Å²) in [7, 11) is 1.87. The van der Waals surface area contributed by atoms with Gasteiger partial charge in [0.1, 0.15) is 0 Å². The number of likely N-dealkylation sites (tertiary alicyclic amines) is 1. The lowest BCUT2D eigenvalue weighted by atomic mass is 9.94. The maximum atomic E-state index is 12.1. The minimum absolute atomic E-state index is 0. The molecular weight excluding hydrogens is 459 g/mol. The SMILES string of the molecule is CN1C(=O)CC(CN=C(N)NCCc2cccs2)C1c1ccccc1.I. The molecule has 2 aromatic rings. The average Bonchev–Trinajstić information content (AvgIpc) is 3.23. The molecule has 0 radical (unpaired) electrons. The van der Waals surface area contributed by atoms with Gasteiger partial charge in [0.25, 0.3) is 0 Å². The van der Waals surface area contributed by atoms with Gasteiger partial charge in [-0.05, 0) is 23.4 Å². The van der Waals surface area contributed by atoms with Crippen LogP contribution in [0.4, 0.5) is 0 Å². The van der Waals surface area contributed by atoms with Crippen molar-refractivity contribution in [1.29, 1.82) is 0 Å². The fourth-order valence-electron chi connectivity index (χ4n) is 3.30. The highest BCUT2D eigenvalue weighted by molar-refractivity contribution is 14.0. The highest BCUT2D eigenvalue weighted by Crippen LogP contribution is 2.36. The van der Waals surface area contributed by atoms with Gasteiger partial charge < -0.3 is 16.0 Å². The number of hydrogen-bond donors (Lipinski definition) is 2. The smallest absolute Gasteiger partial charge is 0.223 e. The van der Waals surface area contributed by atoms with Crippen molar-refractivity contribution in [3.8, 4) is 0 Å². The third-order valence-electron chi connectivity index (χ3n) is 4.59. The van der Waals surface area contributed by atoms with Crippen LogP contribution in [0, 0.1) is 5.92 Å². The van der Waals surface area contributed by atoms with Gasteiger partial charge in [-0.15, -0.1) is 35.3 Å². The molecule has 1 amide bonds. The number of amides is 1. The number of carbonyl (C=O) groups is 1. The monoisotopic (exact) mass is 484 g/mol. The predicted octanol–water partition coefficient (Wildman–Crippen LogP) is 3.03. The van der Waals surface area contributed by atoms with Gasteiger partial charge >= 0.3 is 0 Å². The largest absolute Gasteiger partial charge is 0.370 e. The van der Waals surface area contributed by atoms with Gasteiger partial charge in [-0.3, -0.25) is 9.79 Å². The van der Waals surface area contributed by atoms with Gasteiger partial charge in [0, 0.05) is 37.4 Å². The molecule has 2 atom stereocenters. The zero-order valence-corrected chi connectivity index (χ0v) is 17.9. The molecule has 5 nitrogen and oxygen atoms in total. The van der Waals surface area contributed by atoms with E-state index in [1.165, 1.54) is 4.88 Å². The van der Waals surface area contributed by atoms with Gasteiger partial charge in [0.05, 0.1) is 6.04 Å². The van der Waals surface area contributed by atoms with E-state index >= 15 is 0 Å². The van der Waals surface area contributed by atoms with E-state index in [0.717, 1.165) is 18.5 Å². The van der Waals surface area contributed by atoms with Crippen molar-refractivity contribution >= 4 is 47.2 Å². The molecule has 0 spiro atoms. The van der Waals surface area contributed by atoms with Crippen molar-refractivity contribution in [1.82, 2.24) is 10.2 Å². The van der Waals surface area contributed by atoms with E-state index in [0.29, 0.717) is 18.9 Å². The number of halogens is 1. The second-order valence-electron chi connectivity index (χ2n) is 6.31. The van der Waals surface area contributed by atoms with E-state index < -0.39 is 0 Å². The predicted molar refractivity (Wildman–Crippen MR) is 118 cm³/mol. The molecule has 2 heterocycles. The summed E-state index contributed by atoms with van der Waals surface area (Å²) in [4.78, 5) is 19.8. The summed E-state index contributed by atoms with van der Waals surface area (Å²) < 4.78 is 0. The summed E-state index contributed by atoms with van der Waals surface area (Å²) >= 11 is 1.74. The number of thiophene rings is 1. The summed E-state index contributed by atoms with van der Waals surface area (Å²) in [6.07, 6.45) is 1.45. The van der Waals surface area contributed by atoms with Crippen LogP contribution in [0.5, 0.6) is 0 Å². The van der Waals surface area contributed by atoms with E-state index in [9.17, 15) is 4.79 Å². The summed E-state index contributed by atoms with van der Waals surface area (Å²) in [5, 5.41) is 5.23. The van der Waals surface area contributed by atoms with Crippen LogP contribution < -0.4 is 11.1 Å². The first-order valence-corrected chi connectivity index (χ1v) is 9.40. The first kappa shape index (κ1) is 20.7. The first-order chi connectivity index (χ1) is 12.1. The number of aliphatic imine (C=N–C) groups is 1. The Labute approximate surface area is 175 Å². The topological polar surface area (TPSA) is 70.7 Å².